The predicted octanol–water partition coefficient (Wildman–Crippen LogP) is 1.91. The summed E-state index contributed by atoms with van der Waals surface area (Å²) in [5.74, 6) is 0.00851. The molecule has 0 heterocycles. The van der Waals surface area contributed by atoms with Gasteiger partial charge < -0.3 is 20.6 Å². The molecule has 0 radical (unpaired) electrons. The second-order valence-corrected chi connectivity index (χ2v) is 4.29. The minimum absolute atomic E-state index is 0.00851. The van der Waals surface area contributed by atoms with E-state index in [4.69, 9.17) is 27.3 Å². The smallest absolute Gasteiger partial charge is 0.173 e. The Morgan fingerprint density at radius 2 is 2.28 bits per heavy atom. The molecule has 0 aliphatic carbocycles. The highest BCUT2D eigenvalue weighted by atomic mass is 35.5. The summed E-state index contributed by atoms with van der Waals surface area (Å²) in [6.07, 6.45) is 0.884. The van der Waals surface area contributed by atoms with E-state index in [1.165, 1.54) is 0 Å². The fraction of sp³-hybridized carbons (Fsp3) is 0.417. The molecule has 0 aliphatic rings. The molecule has 6 heteroatoms. The molecule has 0 spiro atoms. The van der Waals surface area contributed by atoms with Crippen molar-refractivity contribution < 1.29 is 9.94 Å². The number of nitrogens with zero attached hydrogens (tertiary/aromatic N) is 2. The van der Waals surface area contributed by atoms with Crippen molar-refractivity contribution in [2.45, 2.75) is 6.42 Å². The van der Waals surface area contributed by atoms with E-state index in [9.17, 15) is 0 Å². The number of rotatable bonds is 6. The molecular formula is C12H18ClN3O2. The average Bonchev–Trinajstić information content (AvgIpc) is 2.37. The summed E-state index contributed by atoms with van der Waals surface area (Å²) in [6, 6.07) is 5.42. The first-order valence-electron chi connectivity index (χ1n) is 5.58. The number of ether oxygens (including phenoxy) is 1. The second kappa shape index (κ2) is 7.08. The first-order valence-corrected chi connectivity index (χ1v) is 5.96. The van der Waals surface area contributed by atoms with Crippen LogP contribution in [0.1, 0.15) is 12.0 Å². The van der Waals surface area contributed by atoms with Gasteiger partial charge in [-0.15, -0.1) is 0 Å². The number of benzene rings is 1. The Balaban J connectivity index is 2.97. The third-order valence-electron chi connectivity index (χ3n) is 2.61. The number of amidine groups is 1. The molecule has 0 saturated carbocycles. The van der Waals surface area contributed by atoms with E-state index in [0.717, 1.165) is 18.7 Å². The topological polar surface area (TPSA) is 71.1 Å². The van der Waals surface area contributed by atoms with Crippen molar-refractivity contribution in [2.24, 2.45) is 10.9 Å². The molecule has 0 aromatic heterocycles. The minimum Gasteiger partial charge on any atom is -0.409 e. The molecule has 5 nitrogen and oxygen atoms in total. The highest BCUT2D eigenvalue weighted by Crippen LogP contribution is 2.26. The number of hydrogen-bond donors (Lipinski definition) is 2. The number of anilines is 1. The van der Waals surface area contributed by atoms with Crippen molar-refractivity contribution in [2.75, 3.05) is 32.2 Å². The molecule has 0 unspecified atom stereocenters. The zero-order chi connectivity index (χ0) is 13.5. The van der Waals surface area contributed by atoms with Crippen molar-refractivity contribution in [3.63, 3.8) is 0 Å². The summed E-state index contributed by atoms with van der Waals surface area (Å²) in [5, 5.41) is 12.3. The van der Waals surface area contributed by atoms with Gasteiger partial charge in [-0.05, 0) is 18.6 Å². The van der Waals surface area contributed by atoms with Gasteiger partial charge in [0.25, 0.3) is 0 Å². The lowest BCUT2D eigenvalue weighted by Crippen LogP contribution is -2.24. The molecule has 0 bridgehead atoms. The van der Waals surface area contributed by atoms with Crippen molar-refractivity contribution in [3.05, 3.63) is 28.8 Å². The Kier molecular flexibility index (Phi) is 5.74. The molecule has 0 fully saturated rings. The number of hydrogen-bond acceptors (Lipinski definition) is 4. The maximum absolute atomic E-state index is 8.80. The van der Waals surface area contributed by atoms with Crippen LogP contribution >= 0.6 is 11.6 Å². The third kappa shape index (κ3) is 3.51. The summed E-state index contributed by atoms with van der Waals surface area (Å²) in [7, 11) is 3.59. The van der Waals surface area contributed by atoms with Crippen LogP contribution < -0.4 is 10.6 Å². The summed E-state index contributed by atoms with van der Waals surface area (Å²) in [4.78, 5) is 2.00. The lowest BCUT2D eigenvalue weighted by atomic mass is 10.1. The Morgan fingerprint density at radius 1 is 1.56 bits per heavy atom. The fourth-order valence-corrected chi connectivity index (χ4v) is 1.97. The lowest BCUT2D eigenvalue weighted by molar-refractivity contribution is 0.196. The quantitative estimate of drug-likeness (QED) is 0.273. The number of methoxy groups -OCH3 is 1. The number of halogens is 1. The van der Waals surface area contributed by atoms with Gasteiger partial charge in [0.05, 0.1) is 10.6 Å². The van der Waals surface area contributed by atoms with Crippen molar-refractivity contribution in [1.29, 1.82) is 0 Å². The van der Waals surface area contributed by atoms with E-state index in [2.05, 4.69) is 5.16 Å². The maximum atomic E-state index is 8.80. The largest absolute Gasteiger partial charge is 0.409 e. The first-order chi connectivity index (χ1) is 8.61. The zero-order valence-corrected chi connectivity index (χ0v) is 11.3. The van der Waals surface area contributed by atoms with Gasteiger partial charge >= 0.3 is 0 Å². The lowest BCUT2D eigenvalue weighted by Gasteiger charge is -2.22. The van der Waals surface area contributed by atoms with Crippen LogP contribution in [0, 0.1) is 0 Å². The van der Waals surface area contributed by atoms with Gasteiger partial charge in [0, 0.05) is 33.0 Å². The van der Waals surface area contributed by atoms with E-state index in [1.807, 2.05) is 24.1 Å². The van der Waals surface area contributed by atoms with Gasteiger partial charge in [-0.2, -0.15) is 0 Å². The van der Waals surface area contributed by atoms with Gasteiger partial charge in [0.2, 0.25) is 0 Å². The fourth-order valence-electron chi connectivity index (χ4n) is 1.70. The Bertz CT molecular complexity index is 424. The summed E-state index contributed by atoms with van der Waals surface area (Å²) < 4.78 is 5.01. The van der Waals surface area contributed by atoms with Crippen LogP contribution in [0.25, 0.3) is 0 Å². The molecule has 0 saturated heterocycles. The first kappa shape index (κ1) is 14.6. The van der Waals surface area contributed by atoms with Crippen LogP contribution in [-0.4, -0.2) is 38.4 Å². The zero-order valence-electron chi connectivity index (χ0n) is 10.6. The van der Waals surface area contributed by atoms with Gasteiger partial charge in [-0.1, -0.05) is 22.8 Å². The monoisotopic (exact) mass is 271 g/mol. The maximum Gasteiger partial charge on any atom is 0.173 e. The normalized spacial score (nSPS) is 11.6. The summed E-state index contributed by atoms with van der Waals surface area (Å²) >= 11 is 6.09. The molecule has 100 valence electrons. The number of oxime groups is 1. The van der Waals surface area contributed by atoms with Gasteiger partial charge in [0.15, 0.2) is 5.84 Å². The molecule has 1 rings (SSSR count). The van der Waals surface area contributed by atoms with Crippen molar-refractivity contribution in [3.8, 4) is 0 Å². The van der Waals surface area contributed by atoms with Gasteiger partial charge in [-0.3, -0.25) is 0 Å². The van der Waals surface area contributed by atoms with Gasteiger partial charge in [0.1, 0.15) is 0 Å². The Labute approximate surface area is 112 Å². The molecule has 18 heavy (non-hydrogen) atoms. The van der Waals surface area contributed by atoms with Crippen LogP contribution in [0.4, 0.5) is 5.69 Å². The van der Waals surface area contributed by atoms with Crippen LogP contribution in [0.2, 0.25) is 5.02 Å². The Morgan fingerprint density at radius 3 is 2.89 bits per heavy atom. The summed E-state index contributed by atoms with van der Waals surface area (Å²) in [5.41, 5.74) is 7.02. The molecule has 0 aliphatic heterocycles. The average molecular weight is 272 g/mol. The van der Waals surface area contributed by atoms with Crippen molar-refractivity contribution >= 4 is 23.1 Å². The highest BCUT2D eigenvalue weighted by Gasteiger charge is 2.14. The predicted molar refractivity (Wildman–Crippen MR) is 73.7 cm³/mol. The minimum atomic E-state index is 0.00851. The van der Waals surface area contributed by atoms with E-state index in [-0.39, 0.29) is 5.84 Å². The van der Waals surface area contributed by atoms with E-state index in [1.54, 1.807) is 13.2 Å². The van der Waals surface area contributed by atoms with Crippen LogP contribution in [0.5, 0.6) is 0 Å². The van der Waals surface area contributed by atoms with Crippen LogP contribution in [0.3, 0.4) is 0 Å². The van der Waals surface area contributed by atoms with E-state index in [0.29, 0.717) is 17.2 Å². The Hall–Kier alpha value is -1.46. The van der Waals surface area contributed by atoms with Crippen LogP contribution in [-0.2, 0) is 4.74 Å². The summed E-state index contributed by atoms with van der Waals surface area (Å²) in [6.45, 7) is 1.48. The third-order valence-corrected chi connectivity index (χ3v) is 2.92. The molecule has 0 atom stereocenters. The molecular weight excluding hydrogens is 254 g/mol. The second-order valence-electron chi connectivity index (χ2n) is 3.89. The number of nitrogens with two attached hydrogens (primary N) is 1. The SMILES string of the molecule is COCCCN(C)c1cccc(Cl)c1C(N)=NO. The molecule has 1 aromatic carbocycles. The standard InChI is InChI=1S/C12H18ClN3O2/c1-16(7-4-8-18-2)10-6-3-5-9(13)11(10)12(14)15-17/h3,5-6,17H,4,7-8H2,1-2H3,(H2,14,15). The van der Waals surface area contributed by atoms with Gasteiger partial charge in [-0.25, -0.2) is 0 Å². The molecule has 1 aromatic rings. The van der Waals surface area contributed by atoms with Crippen LogP contribution in [0.15, 0.2) is 23.4 Å². The van der Waals surface area contributed by atoms with E-state index >= 15 is 0 Å². The van der Waals surface area contributed by atoms with E-state index < -0.39 is 0 Å². The molecule has 3 N–H and O–H groups in total. The molecule has 0 amide bonds. The highest BCUT2D eigenvalue weighted by molar-refractivity contribution is 6.34. The van der Waals surface area contributed by atoms with Crippen molar-refractivity contribution in [1.82, 2.24) is 0 Å².